The number of nitrogens with zero attached hydrogens (tertiary/aromatic N) is 2. The first-order valence-corrected chi connectivity index (χ1v) is 8.32. The Bertz CT molecular complexity index is 583. The molecule has 1 N–H and O–H groups in total. The molecule has 1 aromatic heterocycles. The van der Waals surface area contributed by atoms with Gasteiger partial charge in [0.25, 0.3) is 0 Å². The van der Waals surface area contributed by atoms with Gasteiger partial charge in [-0.05, 0) is 32.1 Å². The van der Waals surface area contributed by atoms with E-state index < -0.39 is 11.9 Å². The van der Waals surface area contributed by atoms with Crippen molar-refractivity contribution in [2.75, 3.05) is 7.05 Å². The van der Waals surface area contributed by atoms with Gasteiger partial charge in [-0.3, -0.25) is 9.59 Å². The normalized spacial score (nSPS) is 27.0. The first-order valence-electron chi connectivity index (χ1n) is 7.50. The number of carbonyl (C=O) groups excluding carboxylic acids is 1. The lowest BCUT2D eigenvalue weighted by molar-refractivity contribution is -0.142. The number of carboxylic acid groups (broad SMARTS) is 1. The zero-order chi connectivity index (χ0) is 15.1. The molecule has 0 radical (unpaired) electrons. The van der Waals surface area contributed by atoms with E-state index in [0.717, 1.165) is 36.4 Å². The van der Waals surface area contributed by atoms with E-state index in [4.69, 9.17) is 5.11 Å². The van der Waals surface area contributed by atoms with Gasteiger partial charge in [0.1, 0.15) is 0 Å². The van der Waals surface area contributed by atoms with Crippen molar-refractivity contribution in [2.45, 2.75) is 45.1 Å². The lowest BCUT2D eigenvalue weighted by Gasteiger charge is -2.31. The number of hydrogen-bond donors (Lipinski definition) is 1. The van der Waals surface area contributed by atoms with Gasteiger partial charge >= 0.3 is 5.97 Å². The number of aryl methyl sites for hydroxylation is 2. The van der Waals surface area contributed by atoms with Gasteiger partial charge in [-0.15, -0.1) is 11.3 Å². The van der Waals surface area contributed by atoms with Gasteiger partial charge in [0.2, 0.25) is 5.91 Å². The molecule has 114 valence electrons. The molecule has 3 unspecified atom stereocenters. The van der Waals surface area contributed by atoms with Crippen molar-refractivity contribution in [3.63, 3.8) is 0 Å². The Hall–Kier alpha value is -1.43. The molecule has 3 atom stereocenters. The number of fused-ring (bicyclic) bond motifs is 1. The number of carbonyl (C=O) groups is 2. The summed E-state index contributed by atoms with van der Waals surface area (Å²) in [6.45, 7) is 2.09. The predicted molar refractivity (Wildman–Crippen MR) is 79.2 cm³/mol. The quantitative estimate of drug-likeness (QED) is 0.926. The summed E-state index contributed by atoms with van der Waals surface area (Å²) in [5.41, 5.74) is 1.14. The number of aliphatic carboxylic acids is 1. The van der Waals surface area contributed by atoms with Crippen LogP contribution in [0.5, 0.6) is 0 Å². The molecular weight excluding hydrogens is 288 g/mol. The maximum Gasteiger partial charge on any atom is 0.307 e. The summed E-state index contributed by atoms with van der Waals surface area (Å²) < 4.78 is 0. The molecule has 0 spiro atoms. The molecule has 0 aromatic carbocycles. The Kier molecular flexibility index (Phi) is 3.73. The zero-order valence-electron chi connectivity index (χ0n) is 12.3. The van der Waals surface area contributed by atoms with Crippen molar-refractivity contribution in [2.24, 2.45) is 11.8 Å². The van der Waals surface area contributed by atoms with Gasteiger partial charge in [-0.25, -0.2) is 4.98 Å². The van der Waals surface area contributed by atoms with E-state index in [1.807, 2.05) is 7.05 Å². The molecule has 0 saturated heterocycles. The summed E-state index contributed by atoms with van der Waals surface area (Å²) in [7, 11) is 1.81. The highest BCUT2D eigenvalue weighted by molar-refractivity contribution is 7.11. The van der Waals surface area contributed by atoms with E-state index in [9.17, 15) is 9.59 Å². The van der Waals surface area contributed by atoms with E-state index in [2.05, 4.69) is 11.9 Å². The second-order valence-electron chi connectivity index (χ2n) is 5.92. The number of rotatable bonds is 4. The van der Waals surface area contributed by atoms with Gasteiger partial charge in [0.05, 0.1) is 33.5 Å². The minimum atomic E-state index is -0.850. The molecular formula is C15H20N2O3S. The second kappa shape index (κ2) is 5.40. The fourth-order valence-corrected chi connectivity index (χ4v) is 4.36. The fourth-order valence-electron chi connectivity index (χ4n) is 3.12. The maximum atomic E-state index is 12.5. The third kappa shape index (κ3) is 2.57. The smallest absolute Gasteiger partial charge is 0.307 e. The minimum Gasteiger partial charge on any atom is -0.481 e. The first kappa shape index (κ1) is 14.5. The molecule has 1 aromatic rings. The van der Waals surface area contributed by atoms with Crippen LogP contribution in [0, 0.1) is 11.8 Å². The van der Waals surface area contributed by atoms with E-state index in [-0.39, 0.29) is 17.9 Å². The van der Waals surface area contributed by atoms with Crippen molar-refractivity contribution >= 4 is 23.2 Å². The van der Waals surface area contributed by atoms with Crippen LogP contribution in [0.4, 0.5) is 0 Å². The molecule has 1 amide bonds. The third-order valence-corrected chi connectivity index (χ3v) is 5.85. The molecule has 2 aliphatic rings. The van der Waals surface area contributed by atoms with Gasteiger partial charge in [0.15, 0.2) is 0 Å². The van der Waals surface area contributed by atoms with Crippen molar-refractivity contribution in [1.29, 1.82) is 0 Å². The van der Waals surface area contributed by atoms with Crippen molar-refractivity contribution in [1.82, 2.24) is 9.88 Å². The molecule has 21 heavy (non-hydrogen) atoms. The highest BCUT2D eigenvalue weighted by Gasteiger charge is 2.50. The van der Waals surface area contributed by atoms with Crippen molar-refractivity contribution < 1.29 is 14.7 Å². The van der Waals surface area contributed by atoms with E-state index >= 15 is 0 Å². The summed E-state index contributed by atoms with van der Waals surface area (Å²) in [5, 5.41) is 10.1. The molecule has 0 aliphatic heterocycles. The van der Waals surface area contributed by atoms with Crippen LogP contribution in [-0.2, 0) is 22.4 Å². The molecule has 1 fully saturated rings. The number of hydrogen-bond acceptors (Lipinski definition) is 4. The van der Waals surface area contributed by atoms with E-state index in [0.29, 0.717) is 6.42 Å². The summed E-state index contributed by atoms with van der Waals surface area (Å²) in [5.74, 6) is -1.67. The van der Waals surface area contributed by atoms with Gasteiger partial charge in [-0.1, -0.05) is 6.92 Å². The molecule has 3 rings (SSSR count). The fraction of sp³-hybridized carbons (Fsp3) is 0.667. The lowest BCUT2D eigenvalue weighted by atomic mass is 9.96. The summed E-state index contributed by atoms with van der Waals surface area (Å²) in [6, 6.07) is 0.0779. The van der Waals surface area contributed by atoms with Crippen LogP contribution in [0.3, 0.4) is 0 Å². The standard InChI is InChI=1S/C15H20N2O3S/c1-3-12-16-10-5-4-6-11(13(10)21-12)17(2)14(18)8-7-9(8)15(19)20/h8-9,11H,3-7H2,1-2H3,(H,19,20). The Morgan fingerprint density at radius 1 is 1.43 bits per heavy atom. The van der Waals surface area contributed by atoms with Crippen LogP contribution >= 0.6 is 11.3 Å². The van der Waals surface area contributed by atoms with E-state index in [1.54, 1.807) is 16.2 Å². The van der Waals surface area contributed by atoms with Crippen LogP contribution in [0.15, 0.2) is 0 Å². The SMILES string of the molecule is CCc1nc2c(s1)C(N(C)C(=O)C1CC1C(=O)O)CCC2. The number of carboxylic acids is 1. The van der Waals surface area contributed by atoms with Crippen LogP contribution in [0.25, 0.3) is 0 Å². The summed E-state index contributed by atoms with van der Waals surface area (Å²) >= 11 is 1.71. The zero-order valence-corrected chi connectivity index (χ0v) is 13.2. The molecule has 0 bridgehead atoms. The van der Waals surface area contributed by atoms with E-state index in [1.165, 1.54) is 4.88 Å². The maximum absolute atomic E-state index is 12.5. The number of thiazole rings is 1. The van der Waals surface area contributed by atoms with Gasteiger partial charge < -0.3 is 10.0 Å². The Balaban J connectivity index is 1.77. The largest absolute Gasteiger partial charge is 0.481 e. The third-order valence-electron chi connectivity index (χ3n) is 4.51. The molecule has 6 heteroatoms. The molecule has 1 saturated carbocycles. The van der Waals surface area contributed by atoms with Crippen LogP contribution in [-0.4, -0.2) is 33.9 Å². The molecule has 2 aliphatic carbocycles. The van der Waals surface area contributed by atoms with Gasteiger partial charge in [0, 0.05) is 7.05 Å². The lowest BCUT2D eigenvalue weighted by Crippen LogP contribution is -2.34. The van der Waals surface area contributed by atoms with Crippen molar-refractivity contribution in [3.05, 3.63) is 15.6 Å². The highest BCUT2D eigenvalue weighted by Crippen LogP contribution is 2.43. The average molecular weight is 308 g/mol. The van der Waals surface area contributed by atoms with Gasteiger partial charge in [-0.2, -0.15) is 0 Å². The highest BCUT2D eigenvalue weighted by atomic mass is 32.1. The summed E-state index contributed by atoms with van der Waals surface area (Å²) in [4.78, 5) is 31.0. The number of amides is 1. The van der Waals surface area contributed by atoms with Crippen LogP contribution in [0.1, 0.15) is 47.8 Å². The predicted octanol–water partition coefficient (Wildman–Crippen LogP) is 2.26. The Labute approximate surface area is 128 Å². The average Bonchev–Trinajstić information content (AvgIpc) is 3.17. The van der Waals surface area contributed by atoms with Crippen LogP contribution < -0.4 is 0 Å². The van der Waals surface area contributed by atoms with Crippen molar-refractivity contribution in [3.8, 4) is 0 Å². The Morgan fingerprint density at radius 2 is 2.19 bits per heavy atom. The number of aromatic nitrogens is 1. The van der Waals surface area contributed by atoms with Crippen LogP contribution in [0.2, 0.25) is 0 Å². The molecule has 1 heterocycles. The monoisotopic (exact) mass is 308 g/mol. The summed E-state index contributed by atoms with van der Waals surface area (Å²) in [6.07, 6.45) is 4.39. The topological polar surface area (TPSA) is 70.5 Å². The first-order chi connectivity index (χ1) is 10.0. The minimum absolute atomic E-state index is 0.0216. The second-order valence-corrected chi connectivity index (χ2v) is 7.03. The molecule has 5 nitrogen and oxygen atoms in total. The Morgan fingerprint density at radius 3 is 2.81 bits per heavy atom.